The van der Waals surface area contributed by atoms with Gasteiger partial charge in [-0.15, -0.1) is 16.8 Å². The molecule has 2 aromatic rings. The molecule has 1 N–H and O–H groups in total. The van der Waals surface area contributed by atoms with E-state index >= 15 is 0 Å². The molecule has 1 fully saturated rings. The molecule has 27 heavy (non-hydrogen) atoms. The lowest BCUT2D eigenvalue weighted by Crippen LogP contribution is -2.24. The van der Waals surface area contributed by atoms with Crippen LogP contribution in [0.1, 0.15) is 55.0 Å². The number of allylic oxidation sites excluding steroid dienone is 1. The zero-order valence-electron chi connectivity index (χ0n) is 16.0. The number of thioether (sulfide) groups is 1. The molecule has 1 amide bonds. The third-order valence-corrected chi connectivity index (χ3v) is 5.94. The smallest absolute Gasteiger partial charge is 0.230 e. The number of aryl methyl sites for hydroxylation is 1. The molecule has 6 heteroatoms. The molecule has 1 aliphatic carbocycles. The van der Waals surface area contributed by atoms with Crippen molar-refractivity contribution >= 4 is 17.7 Å². The van der Waals surface area contributed by atoms with E-state index in [1.54, 1.807) is 0 Å². The number of nitrogens with zero attached hydrogens (tertiary/aromatic N) is 3. The molecule has 1 aromatic carbocycles. The minimum absolute atomic E-state index is 0.00736. The van der Waals surface area contributed by atoms with Crippen LogP contribution in [0.4, 0.5) is 0 Å². The highest BCUT2D eigenvalue weighted by Gasteiger charge is 2.23. The van der Waals surface area contributed by atoms with Crippen LogP contribution in [0, 0.1) is 6.92 Å². The lowest BCUT2D eigenvalue weighted by atomic mass is 9.89. The number of carbonyl (C=O) groups excluding carboxylic acids is 1. The Morgan fingerprint density at radius 2 is 2.00 bits per heavy atom. The van der Waals surface area contributed by atoms with Gasteiger partial charge in [0, 0.05) is 19.0 Å². The zero-order valence-corrected chi connectivity index (χ0v) is 16.8. The van der Waals surface area contributed by atoms with E-state index in [1.807, 2.05) is 18.2 Å². The molecule has 5 nitrogen and oxygen atoms in total. The third kappa shape index (κ3) is 5.45. The van der Waals surface area contributed by atoms with Gasteiger partial charge in [-0.1, -0.05) is 66.9 Å². The van der Waals surface area contributed by atoms with Crippen LogP contribution in [-0.4, -0.2) is 26.4 Å². The molecule has 1 saturated carbocycles. The van der Waals surface area contributed by atoms with Crippen molar-refractivity contribution in [2.75, 3.05) is 5.75 Å². The Morgan fingerprint density at radius 1 is 1.26 bits per heavy atom. The lowest BCUT2D eigenvalue weighted by Gasteiger charge is -2.21. The Labute approximate surface area is 165 Å². The fourth-order valence-corrected chi connectivity index (χ4v) is 4.24. The van der Waals surface area contributed by atoms with Crippen molar-refractivity contribution in [2.45, 2.75) is 63.2 Å². The minimum atomic E-state index is 0.00736. The lowest BCUT2D eigenvalue weighted by molar-refractivity contribution is -0.118. The van der Waals surface area contributed by atoms with Crippen LogP contribution in [0.25, 0.3) is 0 Å². The molecule has 0 radical (unpaired) electrons. The van der Waals surface area contributed by atoms with E-state index < -0.39 is 0 Å². The van der Waals surface area contributed by atoms with Gasteiger partial charge in [0.25, 0.3) is 0 Å². The van der Waals surface area contributed by atoms with Gasteiger partial charge in [0.15, 0.2) is 5.16 Å². The van der Waals surface area contributed by atoms with Crippen molar-refractivity contribution in [2.24, 2.45) is 0 Å². The monoisotopic (exact) mass is 384 g/mol. The molecular weight excluding hydrogens is 356 g/mol. The molecule has 0 aliphatic heterocycles. The topological polar surface area (TPSA) is 59.8 Å². The van der Waals surface area contributed by atoms with Crippen LogP contribution in [0.5, 0.6) is 0 Å². The first-order valence-electron chi connectivity index (χ1n) is 9.66. The van der Waals surface area contributed by atoms with Gasteiger partial charge in [-0.05, 0) is 25.3 Å². The fraction of sp³-hybridized carbons (Fsp3) is 0.476. The predicted molar refractivity (Wildman–Crippen MR) is 110 cm³/mol. The predicted octanol–water partition coefficient (Wildman–Crippen LogP) is 4.23. The Hall–Kier alpha value is -2.08. The highest BCUT2D eigenvalue weighted by Crippen LogP contribution is 2.33. The summed E-state index contributed by atoms with van der Waals surface area (Å²) in [6, 6.07) is 8.20. The molecule has 1 heterocycles. The third-order valence-electron chi connectivity index (χ3n) is 4.97. The summed E-state index contributed by atoms with van der Waals surface area (Å²) >= 11 is 1.45. The first-order chi connectivity index (χ1) is 13.2. The molecule has 3 rings (SSSR count). The molecule has 1 aromatic heterocycles. The summed E-state index contributed by atoms with van der Waals surface area (Å²) in [5.74, 6) is 1.88. The number of nitrogens with one attached hydrogen (secondary N) is 1. The number of hydrogen-bond donors (Lipinski definition) is 1. The van der Waals surface area contributed by atoms with Crippen molar-refractivity contribution in [1.29, 1.82) is 0 Å². The average Bonchev–Trinajstić information content (AvgIpc) is 3.09. The number of benzene rings is 1. The van der Waals surface area contributed by atoms with E-state index in [0.717, 1.165) is 16.5 Å². The Balaban J connectivity index is 1.56. The standard InChI is InChI=1S/C21H28N4OS/c1-3-13-25-20(18-7-5-4-6-8-18)23-24-21(25)27-15-19(26)22-14-17-11-9-16(2)10-12-17/h3,9-12,18H,1,4-8,13-15H2,2H3,(H,22,26). The summed E-state index contributed by atoms with van der Waals surface area (Å²) in [6.45, 7) is 7.15. The SMILES string of the molecule is C=CCn1c(SCC(=O)NCc2ccc(C)cc2)nnc1C1CCCCC1. The number of amides is 1. The number of aromatic nitrogens is 3. The molecule has 0 unspecified atom stereocenters. The first-order valence-corrected chi connectivity index (χ1v) is 10.6. The van der Waals surface area contributed by atoms with Gasteiger partial charge in [0.05, 0.1) is 5.75 Å². The van der Waals surface area contributed by atoms with Crippen molar-refractivity contribution in [3.8, 4) is 0 Å². The highest BCUT2D eigenvalue weighted by molar-refractivity contribution is 7.99. The van der Waals surface area contributed by atoms with Crippen LogP contribution in [0.15, 0.2) is 42.1 Å². The Bertz CT molecular complexity index is 763. The van der Waals surface area contributed by atoms with Crippen LogP contribution >= 0.6 is 11.8 Å². The number of rotatable bonds is 8. The van der Waals surface area contributed by atoms with E-state index in [1.165, 1.54) is 49.4 Å². The summed E-state index contributed by atoms with van der Waals surface area (Å²) in [7, 11) is 0. The molecular formula is C21H28N4OS. The molecule has 0 spiro atoms. The Morgan fingerprint density at radius 3 is 2.70 bits per heavy atom. The quantitative estimate of drug-likeness (QED) is 0.547. The summed E-state index contributed by atoms with van der Waals surface area (Å²) in [5.41, 5.74) is 2.32. The van der Waals surface area contributed by atoms with Gasteiger partial charge in [0.1, 0.15) is 5.82 Å². The van der Waals surface area contributed by atoms with Gasteiger partial charge in [-0.3, -0.25) is 4.79 Å². The average molecular weight is 385 g/mol. The molecule has 0 bridgehead atoms. The highest BCUT2D eigenvalue weighted by atomic mass is 32.2. The van der Waals surface area contributed by atoms with E-state index in [0.29, 0.717) is 24.8 Å². The maximum atomic E-state index is 12.2. The summed E-state index contributed by atoms with van der Waals surface area (Å²) in [6.07, 6.45) is 8.06. The number of hydrogen-bond acceptors (Lipinski definition) is 4. The van der Waals surface area contributed by atoms with Crippen LogP contribution in [0.3, 0.4) is 0 Å². The van der Waals surface area contributed by atoms with E-state index in [9.17, 15) is 4.79 Å². The second kappa shape index (κ2) is 9.74. The maximum Gasteiger partial charge on any atom is 0.230 e. The zero-order chi connectivity index (χ0) is 19.1. The molecule has 0 atom stereocenters. The molecule has 0 saturated heterocycles. The van der Waals surface area contributed by atoms with E-state index in [-0.39, 0.29) is 5.91 Å². The summed E-state index contributed by atoms with van der Waals surface area (Å²) in [5, 5.41) is 12.6. The van der Waals surface area contributed by atoms with Crippen molar-refractivity contribution < 1.29 is 4.79 Å². The van der Waals surface area contributed by atoms with Gasteiger partial charge >= 0.3 is 0 Å². The second-order valence-corrected chi connectivity index (χ2v) is 8.07. The summed E-state index contributed by atoms with van der Waals surface area (Å²) < 4.78 is 2.13. The van der Waals surface area contributed by atoms with Gasteiger partial charge in [-0.25, -0.2) is 0 Å². The van der Waals surface area contributed by atoms with Gasteiger partial charge in [0.2, 0.25) is 5.91 Å². The summed E-state index contributed by atoms with van der Waals surface area (Å²) in [4.78, 5) is 12.2. The Kier molecular flexibility index (Phi) is 7.10. The van der Waals surface area contributed by atoms with E-state index in [2.05, 4.69) is 45.7 Å². The second-order valence-electron chi connectivity index (χ2n) is 7.13. The van der Waals surface area contributed by atoms with Crippen LogP contribution in [-0.2, 0) is 17.9 Å². The number of carbonyl (C=O) groups is 1. The maximum absolute atomic E-state index is 12.2. The van der Waals surface area contributed by atoms with Crippen molar-refractivity contribution in [3.63, 3.8) is 0 Å². The molecule has 1 aliphatic rings. The van der Waals surface area contributed by atoms with Crippen molar-refractivity contribution in [3.05, 3.63) is 53.9 Å². The van der Waals surface area contributed by atoms with E-state index in [4.69, 9.17) is 0 Å². The fourth-order valence-electron chi connectivity index (χ4n) is 3.46. The van der Waals surface area contributed by atoms with Crippen molar-refractivity contribution in [1.82, 2.24) is 20.1 Å². The van der Waals surface area contributed by atoms with Crippen LogP contribution in [0.2, 0.25) is 0 Å². The minimum Gasteiger partial charge on any atom is -0.351 e. The normalized spacial score (nSPS) is 14.9. The van der Waals surface area contributed by atoms with Gasteiger partial charge < -0.3 is 9.88 Å². The van der Waals surface area contributed by atoms with Gasteiger partial charge in [-0.2, -0.15) is 0 Å². The largest absolute Gasteiger partial charge is 0.351 e. The van der Waals surface area contributed by atoms with Crippen LogP contribution < -0.4 is 5.32 Å². The first kappa shape index (κ1) is 19.7. The molecule has 144 valence electrons.